The molecule has 0 aromatic carbocycles. The second-order valence-electron chi connectivity index (χ2n) is 11.7. The fourth-order valence-corrected chi connectivity index (χ4v) is 6.99. The van der Waals surface area contributed by atoms with Gasteiger partial charge in [-0.2, -0.15) is 0 Å². The topological polar surface area (TPSA) is 125 Å². The Hall–Kier alpha value is -2.24. The quantitative estimate of drug-likeness (QED) is 0.196. The molecule has 10 nitrogen and oxygen atoms in total. The summed E-state index contributed by atoms with van der Waals surface area (Å²) in [6.45, 7) is 16.5. The number of fused-ring (bicyclic) bond motifs is 1. The molecule has 0 aromatic rings. The number of hydrogen-bond donors (Lipinski definition) is 2. The van der Waals surface area contributed by atoms with Gasteiger partial charge in [-0.3, -0.25) is 19.2 Å². The number of esters is 1. The van der Waals surface area contributed by atoms with Crippen LogP contribution in [0.1, 0.15) is 53.9 Å². The molecule has 8 atom stereocenters. The second kappa shape index (κ2) is 12.1. The first-order valence-electron chi connectivity index (χ1n) is 13.5. The van der Waals surface area contributed by atoms with Gasteiger partial charge in [0, 0.05) is 23.3 Å². The Balaban J connectivity index is 1.92. The monoisotopic (exact) mass is 611 g/mol. The predicted molar refractivity (Wildman–Crippen MR) is 149 cm³/mol. The molecule has 3 aliphatic heterocycles. The number of ether oxygens (including phenoxy) is 2. The van der Waals surface area contributed by atoms with E-state index in [4.69, 9.17) is 9.47 Å². The number of amides is 3. The predicted octanol–water partition coefficient (Wildman–Crippen LogP) is 1.94. The molecule has 3 fully saturated rings. The summed E-state index contributed by atoms with van der Waals surface area (Å²) < 4.78 is 12.2. The third-order valence-corrected chi connectivity index (χ3v) is 8.68. The fraction of sp³-hybridized carbons (Fsp3) is 0.714. The normalized spacial score (nSPS) is 30.9. The highest BCUT2D eigenvalue weighted by Crippen LogP contribution is 2.60. The first-order valence-corrected chi connectivity index (χ1v) is 14.4. The molecule has 11 heteroatoms. The Morgan fingerprint density at radius 2 is 1.97 bits per heavy atom. The van der Waals surface area contributed by atoms with Crippen LogP contribution in [-0.4, -0.2) is 98.6 Å². The largest absolute Gasteiger partial charge is 0.460 e. The van der Waals surface area contributed by atoms with Gasteiger partial charge >= 0.3 is 5.97 Å². The Morgan fingerprint density at radius 1 is 1.31 bits per heavy atom. The standard InChI is InChI=1S/C28H42BrN3O7/c1-8-10-11-19(34)30-14-17(4)38-26(37)20-21-24(35)32(16(3)15-33)23(28(21)13-18(29)22(20)39-28)25(36)31(12-9-2)27(5,6)7/h8-9,16-18,20-23,33H,1-2,10-15H2,3-7H3,(H,30,34)/t16-,17-,18?,20+,21-,22+,23+,28-/m1/s1. The van der Waals surface area contributed by atoms with Gasteiger partial charge in [0.05, 0.1) is 37.1 Å². The third kappa shape index (κ3) is 5.81. The van der Waals surface area contributed by atoms with Gasteiger partial charge in [-0.25, -0.2) is 0 Å². The fourth-order valence-electron chi connectivity index (χ4n) is 6.05. The maximum atomic E-state index is 14.2. The number of hydrogen-bond acceptors (Lipinski definition) is 7. The van der Waals surface area contributed by atoms with Crippen LogP contribution in [0.2, 0.25) is 0 Å². The molecular weight excluding hydrogens is 570 g/mol. The van der Waals surface area contributed by atoms with E-state index in [2.05, 4.69) is 34.4 Å². The van der Waals surface area contributed by atoms with Crippen LogP contribution in [0.15, 0.2) is 25.3 Å². The van der Waals surface area contributed by atoms with Crippen molar-refractivity contribution in [2.24, 2.45) is 11.8 Å². The SMILES string of the molecule is C=CCCC(=O)NC[C@@H](C)OC(=O)[C@@H]1[C@H]2O[C@@]3(CC2Br)[C@H](C(=O)N(CC=C)C(C)(C)C)N([C@H](C)CO)C(=O)[C@@H]13. The minimum atomic E-state index is -1.26. The van der Waals surface area contributed by atoms with Crippen molar-refractivity contribution in [1.29, 1.82) is 0 Å². The molecule has 1 spiro atoms. The molecule has 0 saturated carbocycles. The molecule has 3 aliphatic rings. The maximum Gasteiger partial charge on any atom is 0.312 e. The summed E-state index contributed by atoms with van der Waals surface area (Å²) in [5.41, 5.74) is -1.83. The van der Waals surface area contributed by atoms with Crippen LogP contribution in [0.4, 0.5) is 0 Å². The molecule has 1 unspecified atom stereocenters. The molecule has 2 N–H and O–H groups in total. The van der Waals surface area contributed by atoms with Crippen molar-refractivity contribution in [2.45, 2.75) is 94.1 Å². The summed E-state index contributed by atoms with van der Waals surface area (Å²) in [4.78, 5) is 56.5. The van der Waals surface area contributed by atoms with E-state index in [1.807, 2.05) is 20.8 Å². The van der Waals surface area contributed by atoms with E-state index in [1.165, 1.54) is 4.90 Å². The highest BCUT2D eigenvalue weighted by Gasteiger charge is 2.77. The number of nitrogens with zero attached hydrogens (tertiary/aromatic N) is 2. The Labute approximate surface area is 239 Å². The molecular formula is C28H42BrN3O7. The lowest BCUT2D eigenvalue weighted by atomic mass is 9.70. The first-order chi connectivity index (χ1) is 18.2. The molecule has 2 bridgehead atoms. The summed E-state index contributed by atoms with van der Waals surface area (Å²) in [6.07, 6.45) is 3.17. The zero-order valence-electron chi connectivity index (χ0n) is 23.5. The summed E-state index contributed by atoms with van der Waals surface area (Å²) >= 11 is 3.64. The smallest absolute Gasteiger partial charge is 0.312 e. The molecule has 0 aliphatic carbocycles. The van der Waals surface area contributed by atoms with Crippen molar-refractivity contribution >= 4 is 39.6 Å². The summed E-state index contributed by atoms with van der Waals surface area (Å²) in [5.74, 6) is -3.39. The van der Waals surface area contributed by atoms with Crippen molar-refractivity contribution in [3.8, 4) is 0 Å². The zero-order chi connectivity index (χ0) is 29.3. The van der Waals surface area contributed by atoms with Gasteiger partial charge in [-0.05, 0) is 47.5 Å². The van der Waals surface area contributed by atoms with Crippen molar-refractivity contribution in [3.63, 3.8) is 0 Å². The molecule has 0 aromatic heterocycles. The number of likely N-dealkylation sites (tertiary alicyclic amines) is 1. The average molecular weight is 613 g/mol. The molecule has 0 radical (unpaired) electrons. The van der Waals surface area contributed by atoms with Gasteiger partial charge in [0.25, 0.3) is 0 Å². The summed E-state index contributed by atoms with van der Waals surface area (Å²) in [6, 6.07) is -1.70. The van der Waals surface area contributed by atoms with E-state index in [0.717, 1.165) is 0 Å². The van der Waals surface area contributed by atoms with Crippen LogP contribution in [0, 0.1) is 11.8 Å². The van der Waals surface area contributed by atoms with Crippen LogP contribution in [0.5, 0.6) is 0 Å². The zero-order valence-corrected chi connectivity index (χ0v) is 25.1. The van der Waals surface area contributed by atoms with Crippen molar-refractivity contribution in [1.82, 2.24) is 15.1 Å². The van der Waals surface area contributed by atoms with Crippen LogP contribution in [0.3, 0.4) is 0 Å². The van der Waals surface area contributed by atoms with Gasteiger partial charge in [0.1, 0.15) is 17.7 Å². The highest BCUT2D eigenvalue weighted by molar-refractivity contribution is 9.09. The van der Waals surface area contributed by atoms with Crippen LogP contribution < -0.4 is 5.32 Å². The number of nitrogens with one attached hydrogen (secondary N) is 1. The van der Waals surface area contributed by atoms with Crippen molar-refractivity contribution in [3.05, 3.63) is 25.3 Å². The molecule has 3 heterocycles. The summed E-state index contributed by atoms with van der Waals surface area (Å²) in [7, 11) is 0. The van der Waals surface area contributed by atoms with Gasteiger partial charge in [-0.15, -0.1) is 13.2 Å². The number of aliphatic hydroxyl groups is 1. The average Bonchev–Trinajstić information content (AvgIpc) is 3.46. The number of alkyl halides is 1. The van der Waals surface area contributed by atoms with E-state index >= 15 is 0 Å². The summed E-state index contributed by atoms with van der Waals surface area (Å²) in [5, 5.41) is 12.8. The van der Waals surface area contributed by atoms with E-state index in [1.54, 1.807) is 30.9 Å². The van der Waals surface area contributed by atoms with E-state index in [-0.39, 0.29) is 36.3 Å². The second-order valence-corrected chi connectivity index (χ2v) is 12.9. The van der Waals surface area contributed by atoms with Gasteiger partial charge in [0.2, 0.25) is 17.7 Å². The number of halogens is 1. The van der Waals surface area contributed by atoms with E-state index in [0.29, 0.717) is 19.3 Å². The lowest BCUT2D eigenvalue weighted by Gasteiger charge is -2.43. The molecule has 218 valence electrons. The Morgan fingerprint density at radius 3 is 2.54 bits per heavy atom. The number of rotatable bonds is 12. The molecule has 3 rings (SSSR count). The molecule has 39 heavy (non-hydrogen) atoms. The van der Waals surface area contributed by atoms with Crippen LogP contribution in [-0.2, 0) is 28.7 Å². The van der Waals surface area contributed by atoms with Crippen LogP contribution >= 0.6 is 15.9 Å². The molecule has 3 amide bonds. The van der Waals surface area contributed by atoms with E-state index in [9.17, 15) is 24.3 Å². The number of carbonyl (C=O) groups excluding carboxylic acids is 4. The van der Waals surface area contributed by atoms with E-state index < -0.39 is 59.1 Å². The minimum Gasteiger partial charge on any atom is -0.460 e. The lowest BCUT2D eigenvalue weighted by Crippen LogP contribution is -2.61. The van der Waals surface area contributed by atoms with Crippen molar-refractivity contribution < 1.29 is 33.8 Å². The van der Waals surface area contributed by atoms with Gasteiger partial charge in [0.15, 0.2) is 0 Å². The number of carbonyl (C=O) groups is 4. The van der Waals surface area contributed by atoms with Crippen molar-refractivity contribution in [2.75, 3.05) is 19.7 Å². The minimum absolute atomic E-state index is 0.123. The number of aliphatic hydroxyl groups excluding tert-OH is 1. The van der Waals surface area contributed by atoms with Crippen LogP contribution in [0.25, 0.3) is 0 Å². The Bertz CT molecular complexity index is 998. The molecule has 3 saturated heterocycles. The van der Waals surface area contributed by atoms with Gasteiger partial charge in [-0.1, -0.05) is 28.1 Å². The maximum absolute atomic E-state index is 14.2. The highest BCUT2D eigenvalue weighted by atomic mass is 79.9. The first kappa shape index (κ1) is 31.3. The van der Waals surface area contributed by atoms with Gasteiger partial charge < -0.3 is 29.7 Å². The lowest BCUT2D eigenvalue weighted by molar-refractivity contribution is -0.160. The Kier molecular flexibility index (Phi) is 9.71. The number of allylic oxidation sites excluding steroid dienone is 1. The third-order valence-electron chi connectivity index (χ3n) is 7.84.